The maximum atomic E-state index is 5.92. The monoisotopic (exact) mass is 427 g/mol. The van der Waals surface area contributed by atoms with Gasteiger partial charge in [0.25, 0.3) is 0 Å². The third-order valence-electron chi connectivity index (χ3n) is 5.07. The Balaban J connectivity index is 1.57. The van der Waals surface area contributed by atoms with Gasteiger partial charge in [-0.2, -0.15) is 0 Å². The highest BCUT2D eigenvalue weighted by molar-refractivity contribution is 5.56. The molecule has 0 saturated heterocycles. The second-order valence-electron chi connectivity index (χ2n) is 7.65. The third-order valence-corrected chi connectivity index (χ3v) is 5.07. The average molecular weight is 428 g/mol. The lowest BCUT2D eigenvalue weighted by molar-refractivity contribution is 0.317. The molecule has 0 atom stereocenters. The van der Waals surface area contributed by atoms with Crippen LogP contribution in [0.4, 0.5) is 0 Å². The SMILES string of the molecule is CCCCc1nc(-c2ccc(OCCC)cc2)nn1-c1ccc(Oc2ccccc2)cc1. The summed E-state index contributed by atoms with van der Waals surface area (Å²) in [5.74, 6) is 4.17. The van der Waals surface area contributed by atoms with E-state index in [0.717, 1.165) is 72.4 Å². The van der Waals surface area contributed by atoms with Crippen molar-refractivity contribution in [1.29, 1.82) is 0 Å². The van der Waals surface area contributed by atoms with Gasteiger partial charge in [-0.25, -0.2) is 9.67 Å². The van der Waals surface area contributed by atoms with Gasteiger partial charge in [-0.3, -0.25) is 0 Å². The summed E-state index contributed by atoms with van der Waals surface area (Å²) in [6.07, 6.45) is 4.04. The van der Waals surface area contributed by atoms with Gasteiger partial charge in [-0.05, 0) is 73.5 Å². The maximum Gasteiger partial charge on any atom is 0.181 e. The number of nitrogens with zero attached hydrogens (tertiary/aromatic N) is 3. The number of aromatic nitrogens is 3. The van der Waals surface area contributed by atoms with Crippen LogP contribution in [0.3, 0.4) is 0 Å². The zero-order valence-corrected chi connectivity index (χ0v) is 18.7. The summed E-state index contributed by atoms with van der Waals surface area (Å²) in [5.41, 5.74) is 1.95. The Bertz CT molecular complexity index is 1100. The van der Waals surface area contributed by atoms with E-state index in [2.05, 4.69) is 13.8 Å². The molecule has 5 nitrogen and oxygen atoms in total. The minimum atomic E-state index is 0.720. The minimum Gasteiger partial charge on any atom is -0.494 e. The van der Waals surface area contributed by atoms with E-state index in [0.29, 0.717) is 0 Å². The topological polar surface area (TPSA) is 49.2 Å². The molecular weight excluding hydrogens is 398 g/mol. The molecule has 0 radical (unpaired) electrons. The predicted molar refractivity (Wildman–Crippen MR) is 128 cm³/mol. The molecule has 0 saturated carbocycles. The largest absolute Gasteiger partial charge is 0.494 e. The first-order chi connectivity index (χ1) is 15.8. The van der Waals surface area contributed by atoms with Crippen LogP contribution in [0.15, 0.2) is 78.9 Å². The first-order valence-electron chi connectivity index (χ1n) is 11.3. The molecule has 0 aliphatic rings. The van der Waals surface area contributed by atoms with Crippen LogP contribution < -0.4 is 9.47 Å². The van der Waals surface area contributed by atoms with Gasteiger partial charge in [-0.1, -0.05) is 38.5 Å². The molecule has 4 rings (SSSR count). The first kappa shape index (κ1) is 21.6. The molecule has 5 heteroatoms. The van der Waals surface area contributed by atoms with E-state index in [1.54, 1.807) is 0 Å². The number of ether oxygens (including phenoxy) is 2. The van der Waals surface area contributed by atoms with Gasteiger partial charge in [0, 0.05) is 12.0 Å². The molecule has 4 aromatic rings. The Kier molecular flexibility index (Phi) is 7.18. The summed E-state index contributed by atoms with van der Waals surface area (Å²) in [5, 5.41) is 4.83. The zero-order valence-electron chi connectivity index (χ0n) is 18.7. The molecule has 0 bridgehead atoms. The van der Waals surface area contributed by atoms with Crippen molar-refractivity contribution in [2.45, 2.75) is 39.5 Å². The van der Waals surface area contributed by atoms with Crippen molar-refractivity contribution in [3.63, 3.8) is 0 Å². The van der Waals surface area contributed by atoms with E-state index in [9.17, 15) is 0 Å². The molecule has 32 heavy (non-hydrogen) atoms. The summed E-state index contributed by atoms with van der Waals surface area (Å²) < 4.78 is 13.6. The molecule has 0 amide bonds. The number of rotatable bonds is 10. The number of para-hydroxylation sites is 1. The van der Waals surface area contributed by atoms with E-state index in [1.165, 1.54) is 0 Å². The Morgan fingerprint density at radius 1 is 0.750 bits per heavy atom. The molecular formula is C27H29N3O2. The van der Waals surface area contributed by atoms with Crippen molar-refractivity contribution in [2.75, 3.05) is 6.61 Å². The summed E-state index contributed by atoms with van der Waals surface area (Å²) in [6, 6.07) is 25.8. The number of unbranched alkanes of at least 4 members (excludes halogenated alkanes) is 1. The average Bonchev–Trinajstić information content (AvgIpc) is 3.27. The highest BCUT2D eigenvalue weighted by atomic mass is 16.5. The lowest BCUT2D eigenvalue weighted by atomic mass is 10.2. The van der Waals surface area contributed by atoms with Crippen molar-refractivity contribution in [2.24, 2.45) is 0 Å². The van der Waals surface area contributed by atoms with Crippen molar-refractivity contribution < 1.29 is 9.47 Å². The molecule has 164 valence electrons. The van der Waals surface area contributed by atoms with Gasteiger partial charge in [0.05, 0.1) is 12.3 Å². The van der Waals surface area contributed by atoms with Gasteiger partial charge in [0.1, 0.15) is 23.1 Å². The fourth-order valence-corrected chi connectivity index (χ4v) is 3.37. The Labute approximate surface area is 189 Å². The molecule has 1 heterocycles. The summed E-state index contributed by atoms with van der Waals surface area (Å²) in [4.78, 5) is 4.86. The van der Waals surface area contributed by atoms with Crippen LogP contribution in [0.5, 0.6) is 17.2 Å². The molecule has 0 N–H and O–H groups in total. The van der Waals surface area contributed by atoms with Crippen LogP contribution in [-0.4, -0.2) is 21.4 Å². The van der Waals surface area contributed by atoms with E-state index in [1.807, 2.05) is 83.5 Å². The highest BCUT2D eigenvalue weighted by Gasteiger charge is 2.13. The quantitative estimate of drug-likeness (QED) is 0.277. The lowest BCUT2D eigenvalue weighted by Gasteiger charge is -2.08. The molecule has 0 fully saturated rings. The maximum absolute atomic E-state index is 5.92. The van der Waals surface area contributed by atoms with E-state index < -0.39 is 0 Å². The molecule has 0 aliphatic carbocycles. The van der Waals surface area contributed by atoms with Crippen molar-refractivity contribution in [3.05, 3.63) is 84.7 Å². The Morgan fingerprint density at radius 2 is 1.44 bits per heavy atom. The normalized spacial score (nSPS) is 10.8. The van der Waals surface area contributed by atoms with E-state index in [4.69, 9.17) is 19.6 Å². The second-order valence-corrected chi connectivity index (χ2v) is 7.65. The van der Waals surface area contributed by atoms with E-state index >= 15 is 0 Å². The van der Waals surface area contributed by atoms with Crippen molar-refractivity contribution in [3.8, 4) is 34.3 Å². The van der Waals surface area contributed by atoms with Gasteiger partial charge in [-0.15, -0.1) is 5.10 Å². The Morgan fingerprint density at radius 3 is 2.12 bits per heavy atom. The fourth-order valence-electron chi connectivity index (χ4n) is 3.37. The van der Waals surface area contributed by atoms with Crippen LogP contribution >= 0.6 is 0 Å². The third kappa shape index (κ3) is 5.35. The number of benzene rings is 3. The summed E-state index contributed by atoms with van der Waals surface area (Å²) >= 11 is 0. The van der Waals surface area contributed by atoms with Crippen molar-refractivity contribution >= 4 is 0 Å². The first-order valence-corrected chi connectivity index (χ1v) is 11.3. The molecule has 0 unspecified atom stereocenters. The van der Waals surface area contributed by atoms with Gasteiger partial charge in [0.2, 0.25) is 0 Å². The minimum absolute atomic E-state index is 0.720. The summed E-state index contributed by atoms with van der Waals surface area (Å²) in [6.45, 7) is 5.01. The number of aryl methyl sites for hydroxylation is 1. The van der Waals surface area contributed by atoms with Crippen LogP contribution in [-0.2, 0) is 6.42 Å². The van der Waals surface area contributed by atoms with Gasteiger partial charge >= 0.3 is 0 Å². The van der Waals surface area contributed by atoms with Crippen LogP contribution in [0.1, 0.15) is 38.9 Å². The molecule has 0 spiro atoms. The van der Waals surface area contributed by atoms with Crippen LogP contribution in [0, 0.1) is 0 Å². The number of hydrogen-bond acceptors (Lipinski definition) is 4. The highest BCUT2D eigenvalue weighted by Crippen LogP contribution is 2.25. The molecule has 3 aromatic carbocycles. The standard InChI is InChI=1S/C27H29N3O2/c1-3-5-11-26-28-27(21-12-16-23(17-13-21)31-20-4-2)29-30(26)22-14-18-25(19-15-22)32-24-9-7-6-8-10-24/h6-10,12-19H,3-5,11,20H2,1-2H3. The van der Waals surface area contributed by atoms with Crippen molar-refractivity contribution in [1.82, 2.24) is 14.8 Å². The van der Waals surface area contributed by atoms with Gasteiger partial charge < -0.3 is 9.47 Å². The fraction of sp³-hybridized carbons (Fsp3) is 0.259. The molecule has 0 aliphatic heterocycles. The number of hydrogen-bond donors (Lipinski definition) is 0. The predicted octanol–water partition coefficient (Wildman–Crippen LogP) is 6.86. The van der Waals surface area contributed by atoms with Gasteiger partial charge in [0.15, 0.2) is 5.82 Å². The van der Waals surface area contributed by atoms with Crippen LogP contribution in [0.2, 0.25) is 0 Å². The zero-order chi connectivity index (χ0) is 22.2. The van der Waals surface area contributed by atoms with E-state index in [-0.39, 0.29) is 0 Å². The smallest absolute Gasteiger partial charge is 0.181 e. The second kappa shape index (κ2) is 10.6. The Hall–Kier alpha value is -3.60. The van der Waals surface area contributed by atoms with Crippen LogP contribution in [0.25, 0.3) is 17.1 Å². The summed E-state index contributed by atoms with van der Waals surface area (Å²) in [7, 11) is 0. The molecule has 1 aromatic heterocycles. The lowest BCUT2D eigenvalue weighted by Crippen LogP contribution is -2.03.